The highest BCUT2D eigenvalue weighted by molar-refractivity contribution is 7.92. The number of oxazole rings is 1. The Morgan fingerprint density at radius 3 is 2.04 bits per heavy atom. The topological polar surface area (TPSA) is 72.2 Å². The van der Waals surface area contributed by atoms with E-state index in [1.165, 1.54) is 0 Å². The highest BCUT2D eigenvalue weighted by atomic mass is 32.2. The number of rotatable bonds is 3. The van der Waals surface area contributed by atoms with Gasteiger partial charge in [0.05, 0.1) is 10.6 Å². The number of aromatic nitrogens is 1. The molecular weight excluding hydrogens is 336 g/mol. The minimum Gasteiger partial charge on any atom is -0.441 e. The zero-order valence-corrected chi connectivity index (χ0v) is 16.1. The molecule has 5 nitrogen and oxygen atoms in total. The van der Waals surface area contributed by atoms with Crippen molar-refractivity contribution in [2.75, 3.05) is 4.72 Å². The minimum absolute atomic E-state index is 0.351. The van der Waals surface area contributed by atoms with Crippen molar-refractivity contribution >= 4 is 26.8 Å². The molecule has 3 rings (SSSR count). The molecule has 1 N–H and O–H groups in total. The van der Waals surface area contributed by atoms with Crippen molar-refractivity contribution in [2.24, 2.45) is 0 Å². The van der Waals surface area contributed by atoms with Gasteiger partial charge >= 0.3 is 0 Å². The van der Waals surface area contributed by atoms with Gasteiger partial charge in [-0.2, -0.15) is 0 Å². The van der Waals surface area contributed by atoms with Crippen LogP contribution in [0.5, 0.6) is 0 Å². The first-order valence-electron chi connectivity index (χ1n) is 8.09. The summed E-state index contributed by atoms with van der Waals surface area (Å²) in [5, 5.41) is 0. The Morgan fingerprint density at radius 2 is 1.44 bits per heavy atom. The third kappa shape index (κ3) is 2.91. The van der Waals surface area contributed by atoms with Gasteiger partial charge < -0.3 is 4.42 Å². The van der Waals surface area contributed by atoms with Crippen LogP contribution in [0.4, 0.5) is 5.69 Å². The molecule has 0 fully saturated rings. The van der Waals surface area contributed by atoms with E-state index in [0.29, 0.717) is 27.6 Å². The normalized spacial score (nSPS) is 11.9. The van der Waals surface area contributed by atoms with Gasteiger partial charge in [0.2, 0.25) is 0 Å². The van der Waals surface area contributed by atoms with Gasteiger partial charge in [0, 0.05) is 6.92 Å². The Labute approximate surface area is 148 Å². The monoisotopic (exact) mass is 358 g/mol. The predicted molar refractivity (Wildman–Crippen MR) is 99.7 cm³/mol. The molecule has 0 amide bonds. The molecule has 3 aromatic rings. The maximum Gasteiger partial charge on any atom is 0.262 e. The summed E-state index contributed by atoms with van der Waals surface area (Å²) in [6.07, 6.45) is 0. The van der Waals surface area contributed by atoms with E-state index in [9.17, 15) is 8.42 Å². The van der Waals surface area contributed by atoms with E-state index in [-0.39, 0.29) is 0 Å². The molecule has 25 heavy (non-hydrogen) atoms. The molecule has 0 atom stereocenters. The van der Waals surface area contributed by atoms with Crippen molar-refractivity contribution in [1.29, 1.82) is 0 Å². The Balaban J connectivity index is 2.10. The first kappa shape index (κ1) is 17.5. The van der Waals surface area contributed by atoms with E-state index in [0.717, 1.165) is 27.8 Å². The molecule has 1 aromatic heterocycles. The van der Waals surface area contributed by atoms with Gasteiger partial charge in [-0.3, -0.25) is 4.72 Å². The van der Waals surface area contributed by atoms with Crippen LogP contribution >= 0.6 is 0 Å². The van der Waals surface area contributed by atoms with E-state index < -0.39 is 10.0 Å². The molecule has 0 aliphatic heterocycles. The van der Waals surface area contributed by atoms with Gasteiger partial charge in [-0.05, 0) is 80.6 Å². The highest BCUT2D eigenvalue weighted by Crippen LogP contribution is 2.31. The summed E-state index contributed by atoms with van der Waals surface area (Å²) >= 11 is 0. The van der Waals surface area contributed by atoms with Crippen molar-refractivity contribution in [3.63, 3.8) is 0 Å². The number of sulfonamides is 1. The lowest BCUT2D eigenvalue weighted by Crippen LogP contribution is -2.17. The van der Waals surface area contributed by atoms with Crippen molar-refractivity contribution < 1.29 is 12.8 Å². The van der Waals surface area contributed by atoms with Crippen LogP contribution in [0.1, 0.15) is 33.7 Å². The first-order chi connectivity index (χ1) is 11.6. The fourth-order valence-corrected chi connectivity index (χ4v) is 4.83. The standard InChI is InChI=1S/C19H22N2O3S/c1-10-11(2)13(4)19(14(5)12(10)3)25(22,23)21-16-7-8-18-17(9-16)20-15(6)24-18/h7-9,21H,1-6H3. The smallest absolute Gasteiger partial charge is 0.262 e. The summed E-state index contributed by atoms with van der Waals surface area (Å²) in [6.45, 7) is 11.4. The zero-order valence-electron chi connectivity index (χ0n) is 15.3. The molecule has 6 heteroatoms. The maximum absolute atomic E-state index is 13.0. The van der Waals surface area contributed by atoms with Crippen LogP contribution in [0.25, 0.3) is 11.1 Å². The lowest BCUT2D eigenvalue weighted by atomic mass is 9.95. The molecule has 2 aromatic carbocycles. The number of nitrogens with one attached hydrogen (secondary N) is 1. The number of nitrogens with zero attached hydrogens (tertiary/aromatic N) is 1. The molecule has 0 saturated heterocycles. The molecule has 132 valence electrons. The third-order valence-electron chi connectivity index (χ3n) is 4.95. The number of fused-ring (bicyclic) bond motifs is 1. The Morgan fingerprint density at radius 1 is 0.880 bits per heavy atom. The number of anilines is 1. The predicted octanol–water partition coefficient (Wildman–Crippen LogP) is 4.48. The van der Waals surface area contributed by atoms with E-state index in [1.54, 1.807) is 25.1 Å². The molecule has 0 unspecified atom stereocenters. The van der Waals surface area contributed by atoms with Crippen molar-refractivity contribution in [2.45, 2.75) is 46.4 Å². The quantitative estimate of drug-likeness (QED) is 0.749. The number of hydrogen-bond donors (Lipinski definition) is 1. The van der Waals surface area contributed by atoms with Crippen LogP contribution in [0.2, 0.25) is 0 Å². The van der Waals surface area contributed by atoms with Crippen LogP contribution in [-0.2, 0) is 10.0 Å². The minimum atomic E-state index is -3.71. The van der Waals surface area contributed by atoms with E-state index in [2.05, 4.69) is 9.71 Å². The van der Waals surface area contributed by atoms with Crippen LogP contribution < -0.4 is 4.72 Å². The van der Waals surface area contributed by atoms with Gasteiger partial charge in [-0.1, -0.05) is 0 Å². The average Bonchev–Trinajstić information content (AvgIpc) is 2.89. The second kappa shape index (κ2) is 5.88. The highest BCUT2D eigenvalue weighted by Gasteiger charge is 2.24. The lowest BCUT2D eigenvalue weighted by Gasteiger charge is -2.19. The summed E-state index contributed by atoms with van der Waals surface area (Å²) < 4.78 is 34.2. The van der Waals surface area contributed by atoms with Crippen molar-refractivity contribution in [1.82, 2.24) is 4.98 Å². The third-order valence-corrected chi connectivity index (χ3v) is 6.60. The van der Waals surface area contributed by atoms with Gasteiger partial charge in [-0.15, -0.1) is 0 Å². The summed E-state index contributed by atoms with van der Waals surface area (Å²) in [4.78, 5) is 4.60. The molecule has 0 bridgehead atoms. The molecular formula is C19H22N2O3S. The summed E-state index contributed by atoms with van der Waals surface area (Å²) in [5.74, 6) is 0.548. The van der Waals surface area contributed by atoms with Crippen molar-refractivity contribution in [3.05, 3.63) is 51.9 Å². The molecule has 0 radical (unpaired) electrons. The number of benzene rings is 2. The van der Waals surface area contributed by atoms with Gasteiger partial charge in [0.1, 0.15) is 5.52 Å². The summed E-state index contributed by atoms with van der Waals surface area (Å²) in [6, 6.07) is 5.09. The zero-order chi connectivity index (χ0) is 18.5. The number of aryl methyl sites for hydroxylation is 1. The van der Waals surface area contributed by atoms with Crippen LogP contribution in [-0.4, -0.2) is 13.4 Å². The van der Waals surface area contributed by atoms with Gasteiger partial charge in [0.25, 0.3) is 10.0 Å². The Kier molecular flexibility index (Phi) is 4.11. The van der Waals surface area contributed by atoms with Crippen LogP contribution in [0.15, 0.2) is 27.5 Å². The fourth-order valence-electron chi connectivity index (χ4n) is 3.18. The Bertz CT molecular complexity index is 1070. The summed E-state index contributed by atoms with van der Waals surface area (Å²) in [5.41, 5.74) is 6.44. The second-order valence-electron chi connectivity index (χ2n) is 6.48. The second-order valence-corrected chi connectivity index (χ2v) is 8.09. The SMILES string of the molecule is Cc1nc2cc(NS(=O)(=O)c3c(C)c(C)c(C)c(C)c3C)ccc2o1. The van der Waals surface area contributed by atoms with Crippen LogP contribution in [0.3, 0.4) is 0 Å². The van der Waals surface area contributed by atoms with E-state index in [4.69, 9.17) is 4.42 Å². The largest absolute Gasteiger partial charge is 0.441 e. The summed E-state index contributed by atoms with van der Waals surface area (Å²) in [7, 11) is -3.71. The molecule has 0 spiro atoms. The average molecular weight is 358 g/mol. The fraction of sp³-hybridized carbons (Fsp3) is 0.316. The first-order valence-corrected chi connectivity index (χ1v) is 9.57. The lowest BCUT2D eigenvalue weighted by molar-refractivity contribution is 0.561. The van der Waals surface area contributed by atoms with Crippen LogP contribution in [0, 0.1) is 41.5 Å². The van der Waals surface area contributed by atoms with Crippen molar-refractivity contribution in [3.8, 4) is 0 Å². The molecule has 0 aliphatic rings. The molecule has 0 aliphatic carbocycles. The maximum atomic E-state index is 13.0. The molecule has 1 heterocycles. The number of hydrogen-bond acceptors (Lipinski definition) is 4. The van der Waals surface area contributed by atoms with Gasteiger partial charge in [-0.25, -0.2) is 13.4 Å². The van der Waals surface area contributed by atoms with Gasteiger partial charge in [0.15, 0.2) is 11.5 Å². The molecule has 0 saturated carbocycles. The Hall–Kier alpha value is -2.34. The van der Waals surface area contributed by atoms with E-state index in [1.807, 2.05) is 34.6 Å². The van der Waals surface area contributed by atoms with E-state index >= 15 is 0 Å².